The Labute approximate surface area is 583 Å². The van der Waals surface area contributed by atoms with E-state index in [1.807, 2.05) is 19.4 Å². The van der Waals surface area contributed by atoms with Crippen molar-refractivity contribution < 1.29 is 130 Å². The van der Waals surface area contributed by atoms with Gasteiger partial charge in [-0.05, 0) is 62.9 Å². The molecule has 5 saturated heterocycles. The molecule has 5 aliphatic rings. The molecule has 5 fully saturated rings. The average molecular weight is 1410 g/mol. The third-order valence-corrected chi connectivity index (χ3v) is 13.1. The zero-order chi connectivity index (χ0) is 70.9. The van der Waals surface area contributed by atoms with Gasteiger partial charge in [-0.1, -0.05) is 7.43 Å². The molecule has 2 unspecified atom stereocenters. The number of aliphatic carboxylic acids is 1. The molecule has 0 aromatic heterocycles. The summed E-state index contributed by atoms with van der Waals surface area (Å²) in [6.07, 6.45) is 9.63. The van der Waals surface area contributed by atoms with Gasteiger partial charge < -0.3 is 106 Å². The number of hydroxylamine groups is 2. The molecule has 542 valence electrons. The third kappa shape index (κ3) is 45.2. The fourth-order valence-corrected chi connectivity index (χ4v) is 8.37. The molecule has 0 saturated carbocycles. The van der Waals surface area contributed by atoms with Gasteiger partial charge in [-0.2, -0.15) is 23.5 Å². The number of rotatable bonds is 21. The summed E-state index contributed by atoms with van der Waals surface area (Å²) in [5.41, 5.74) is 0. The number of aliphatic hydroxyl groups is 1. The van der Waals surface area contributed by atoms with Gasteiger partial charge in [0.2, 0.25) is 27.6 Å². The normalized spacial score (nSPS) is 16.2. The van der Waals surface area contributed by atoms with Gasteiger partial charge in [0.15, 0.2) is 0 Å². The maximum absolute atomic E-state index is 12.2. The van der Waals surface area contributed by atoms with Crippen LogP contribution >= 0.6 is 23.5 Å². The topological polar surface area (TPSA) is 475 Å². The molecule has 5 aliphatic heterocycles. The quantitative estimate of drug-likeness (QED) is 0.0173. The van der Waals surface area contributed by atoms with Crippen molar-refractivity contribution >= 4 is 65.6 Å². The van der Waals surface area contributed by atoms with Gasteiger partial charge in [0.25, 0.3) is 0 Å². The number of carboxylic acids is 1. The molecule has 44 heteroatoms. The van der Waals surface area contributed by atoms with Crippen LogP contribution in [0.25, 0.3) is 0 Å². The molecule has 5 amide bonds. The van der Waals surface area contributed by atoms with E-state index in [9.17, 15) is 59.6 Å². The van der Waals surface area contributed by atoms with Gasteiger partial charge in [-0.15, -0.1) is 37.9 Å². The molecule has 5 heterocycles. The first-order valence-electron chi connectivity index (χ1n) is 29.2. The van der Waals surface area contributed by atoms with E-state index in [2.05, 4.69) is 63.3 Å². The number of aliphatic hydroxyl groups excluding tert-OH is 1. The van der Waals surface area contributed by atoms with Crippen molar-refractivity contribution in [3.63, 3.8) is 0 Å². The van der Waals surface area contributed by atoms with Gasteiger partial charge >= 0.3 is 59.8 Å². The van der Waals surface area contributed by atoms with E-state index in [1.54, 1.807) is 52.2 Å². The van der Waals surface area contributed by atoms with Crippen LogP contribution in [0.3, 0.4) is 0 Å². The van der Waals surface area contributed by atoms with Crippen molar-refractivity contribution in [3.05, 3.63) is 26.0 Å². The second-order valence-electron chi connectivity index (χ2n) is 18.0. The van der Waals surface area contributed by atoms with Crippen molar-refractivity contribution in [1.29, 1.82) is 0 Å². The molecule has 41 nitrogen and oxygen atoms in total. The Hall–Kier alpha value is -7.21. The Kier molecular flexibility index (Phi) is 61.4. The number of hydrogen-bond acceptors (Lipinski definition) is 29. The molecule has 0 spiro atoms. The summed E-state index contributed by atoms with van der Waals surface area (Å²) in [5.74, 6) is -0.582. The van der Waals surface area contributed by atoms with Crippen molar-refractivity contribution in [3.8, 4) is 12.8 Å². The molecule has 6 N–H and O–H groups in total. The SMILES string of the molecule is C.CCOC(=O)N1CCN(/[N+]([O-])=N/OC)CC1.CCOC(=O)N1CCN(/[N+]([O-])=N/[O-])CC1.CCOC(=O)N1CCNCC1.CO.CO/N=[N+](\[O-])N1CCN(OC(=O)C(CCSC)NC(C)=O)CC1.CO/N=[N+](\[O-])N1CCNCC1.CSCCC(NC(C)=O)C(=O)O.[2HH].[2H]C#C.[Na+]. The number of carbonyl (C=O) groups is 7. The van der Waals surface area contributed by atoms with Crippen molar-refractivity contribution in [2.75, 3.05) is 203 Å². The zero-order valence-electron chi connectivity index (χ0n) is 56.4. The molecule has 0 aromatic carbocycles. The first-order chi connectivity index (χ1) is 44.5. The molecular weight excluding hydrogens is 1300 g/mol. The maximum Gasteiger partial charge on any atom is 1.00 e. The van der Waals surface area contributed by atoms with E-state index in [1.165, 1.54) is 66.6 Å². The number of terminal acetylenes is 1. The van der Waals surface area contributed by atoms with Crippen LogP contribution in [-0.4, -0.2) is 327 Å². The third-order valence-electron chi connectivity index (χ3n) is 11.8. The summed E-state index contributed by atoms with van der Waals surface area (Å²) in [4.78, 5) is 102. The van der Waals surface area contributed by atoms with Crippen LogP contribution in [0, 0.1) is 38.9 Å². The van der Waals surface area contributed by atoms with Crippen LogP contribution in [0.15, 0.2) is 21.1 Å². The van der Waals surface area contributed by atoms with Gasteiger partial charge in [-0.25, -0.2) is 24.0 Å². The van der Waals surface area contributed by atoms with Crippen LogP contribution < -0.4 is 50.8 Å². The largest absolute Gasteiger partial charge is 1.00 e. The van der Waals surface area contributed by atoms with Gasteiger partial charge in [-0.3, -0.25) is 9.59 Å². The minimum absolute atomic E-state index is 0. The van der Waals surface area contributed by atoms with Crippen molar-refractivity contribution in [2.45, 2.75) is 67.0 Å². The average Bonchev–Trinajstić information content (AvgIpc) is 1.01. The summed E-state index contributed by atoms with van der Waals surface area (Å²) in [6.45, 7) is 19.8. The van der Waals surface area contributed by atoms with Gasteiger partial charge in [0.05, 0.1) is 100 Å². The van der Waals surface area contributed by atoms with E-state index >= 15 is 0 Å². The summed E-state index contributed by atoms with van der Waals surface area (Å²) in [5, 5.41) is 100. The van der Waals surface area contributed by atoms with Crippen LogP contribution in [0.2, 0.25) is 0 Å². The molecule has 5 rings (SSSR count). The van der Waals surface area contributed by atoms with Crippen LogP contribution in [0.5, 0.6) is 0 Å². The predicted molar refractivity (Wildman–Crippen MR) is 340 cm³/mol. The Balaban J connectivity index is -0.000000252. The Morgan fingerprint density at radius 2 is 0.872 bits per heavy atom. The molecular formula is C50H103N20NaO21S2. The number of piperazine rings is 5. The Morgan fingerprint density at radius 3 is 1.18 bits per heavy atom. The standard InChI is InChI=1S/C12H23N5O5S.C8H16N4O4.C7H14N4O4.C7H14N2O2.C7H13NO3S.C5H12N4O2.C2H2.CH4O.CH4.Na.H2/c1-10(18)13-11(4-9-23-3)12(19)22-16-7-5-15(6-8-16)17(20)14-21-2;1-3-16-8(13)10-4-6-11(7-5-10)12(14)9-15-2;1-2-15-7(12)9-3-5-10(6-4-9)11(14)8-13;1-2-11-7(10)9-5-3-8-4-6-9;1-5(9)8-6(7(10)11)3-4-12-2;1-11-7-9(10)8-4-2-6-3-5-8;2*1-2;;;/h11H,4-9H2,1-3H3,(H,13,18);3-7H2,1-2H3;13H,2-6H2,1H3;8H,2-6H2,1H3;6H,3-4H2,1-2H3,(H,8,9)(H,10,11);6H,2-5H2,1H3;1-2H;2H,1H3;1H4;;1H/q;;;;;;;;;+1;/p-1/b17-14-;12-9-;11-8-;;;9-7-;;;;;/i;;;;;;1D;;;;1+1. The van der Waals surface area contributed by atoms with E-state index < -0.39 is 30.1 Å². The van der Waals surface area contributed by atoms with E-state index in [-0.39, 0.29) is 80.5 Å². The van der Waals surface area contributed by atoms with Crippen LogP contribution in [-0.2, 0) is 52.7 Å². The number of hydrazine groups is 4. The van der Waals surface area contributed by atoms with Crippen molar-refractivity contribution in [1.82, 2.24) is 61.1 Å². The van der Waals surface area contributed by atoms with Gasteiger partial charge in [0.1, 0.15) is 34.8 Å². The first kappa shape index (κ1) is 93.2. The summed E-state index contributed by atoms with van der Waals surface area (Å²) < 4.78 is 20.2. The number of nitrogens with one attached hydrogen (secondary N) is 4. The number of hydrogen-bond donors (Lipinski definition) is 6. The summed E-state index contributed by atoms with van der Waals surface area (Å²) in [6, 6.07) is -1.41. The number of thioether (sulfide) groups is 2. The minimum Gasteiger partial charge on any atom is -0.737 e. The summed E-state index contributed by atoms with van der Waals surface area (Å²) >= 11 is 3.15. The second-order valence-corrected chi connectivity index (χ2v) is 20.0. The minimum atomic E-state index is -0.973. The molecule has 0 aliphatic carbocycles. The molecule has 0 bridgehead atoms. The molecule has 0 radical (unpaired) electrons. The van der Waals surface area contributed by atoms with Crippen LogP contribution in [0.1, 0.15) is 57.7 Å². The Morgan fingerprint density at radius 1 is 0.574 bits per heavy atom. The first-order valence-corrected chi connectivity index (χ1v) is 31.5. The molecule has 94 heavy (non-hydrogen) atoms. The monoisotopic (exact) mass is 1410 g/mol. The van der Waals surface area contributed by atoms with Crippen molar-refractivity contribution in [2.24, 2.45) is 21.1 Å². The fourth-order valence-electron chi connectivity index (χ4n) is 7.43. The molecule has 2 atom stereocenters. The summed E-state index contributed by atoms with van der Waals surface area (Å²) in [7, 11) is 4.95. The Bertz CT molecular complexity index is 2240. The smallest absolute Gasteiger partial charge is 0.737 e. The van der Waals surface area contributed by atoms with Crippen LogP contribution in [0.4, 0.5) is 14.4 Å². The zero-order valence-corrected chi connectivity index (χ0v) is 59.1. The van der Waals surface area contributed by atoms with E-state index in [0.717, 1.165) is 57.9 Å². The van der Waals surface area contributed by atoms with E-state index in [4.69, 9.17) is 30.6 Å². The number of carbonyl (C=O) groups excluding carboxylic acids is 6. The van der Waals surface area contributed by atoms with Gasteiger partial charge in [0, 0.05) is 92.8 Å². The number of amides is 5. The number of carboxylic acid groups (broad SMARTS) is 1. The number of nitrogens with zero attached hydrogens (tertiary/aromatic N) is 16. The maximum atomic E-state index is 12.2. The number of ether oxygens (including phenoxy) is 3. The molecule has 0 aromatic rings. The van der Waals surface area contributed by atoms with E-state index in [0.29, 0.717) is 126 Å². The fraction of sp³-hybridized carbons (Fsp3) is 0.820. The predicted octanol–water partition coefficient (Wildman–Crippen LogP) is -2.45. The second kappa shape index (κ2) is 61.9.